The van der Waals surface area contributed by atoms with Crippen LogP contribution in [0.1, 0.15) is 39.2 Å². The number of hydrogen-bond donors (Lipinski definition) is 0. The van der Waals surface area contributed by atoms with Gasteiger partial charge >= 0.3 is 5.91 Å². The lowest BCUT2D eigenvalue weighted by Crippen LogP contribution is -2.69. The van der Waals surface area contributed by atoms with Crippen molar-refractivity contribution in [3.63, 3.8) is 0 Å². The number of hydrogen-bond acceptors (Lipinski definition) is 0. The zero-order valence-electron chi connectivity index (χ0n) is 33.8. The largest absolute Gasteiger partial charge is 0.554 e. The molecule has 0 N–H and O–H groups in total. The third kappa shape index (κ3) is 3.45. The average molecular weight is 797 g/mol. The molecule has 286 valence electrons. The second-order valence-corrected chi connectivity index (χ2v) is 18.1. The van der Waals surface area contributed by atoms with E-state index in [1.54, 1.807) is 0 Å². The van der Waals surface area contributed by atoms with Crippen LogP contribution in [0.15, 0.2) is 176 Å². The summed E-state index contributed by atoms with van der Waals surface area (Å²) >= 11 is 0. The van der Waals surface area contributed by atoms with Crippen LogP contribution in [0.3, 0.4) is 0 Å². The van der Waals surface area contributed by atoms with Crippen molar-refractivity contribution in [3.05, 3.63) is 226 Å². The molecule has 6 aliphatic rings. The van der Waals surface area contributed by atoms with E-state index < -0.39 is 5.91 Å². The van der Waals surface area contributed by atoms with Crippen LogP contribution < -0.4 is 10.7 Å². The molecule has 8 heterocycles. The molecule has 4 nitrogen and oxygen atoms in total. The van der Waals surface area contributed by atoms with Crippen molar-refractivity contribution in [2.24, 2.45) is 0 Å². The molecule has 0 radical (unpaired) electrons. The Morgan fingerprint density at radius 1 is 0.365 bits per heavy atom. The molecule has 2 aromatic heterocycles. The normalized spacial score (nSPS) is 18.1. The molecule has 0 fully saturated rings. The standard InChI is InChI=1S/C59H32N4/c1-2-12-33(13-3-1)56-57-48-28-40-20-10-8-18-38(40)26-46(48)54-31-52-44-24-36-16-6-4-14-34(36)22-42(44)50-30-51-43-23-35-15-5-7-17-37(35)25-45(43)53-32-55-47-27-39-19-9-11-21-41(39)29-49(47)58(56)63(55)59(60(50)52,61(51)53)62(54)57/h1-32H/q+2. The highest BCUT2D eigenvalue weighted by Crippen LogP contribution is 2.57. The second kappa shape index (κ2) is 10.4. The SMILES string of the molecule is C1=C2c3cc4ccccc4cc3C3=[N+]2C24n5c1c1cc6ccccc6cc1c5C(c1ccccc1)=C1c5cc6ccccc6cc5C(=[N+]12)C=c1c2cc5ccccc5cc2c(n14)=C3. The molecular weight excluding hydrogens is 765 g/mol. The molecule has 0 amide bonds. The highest BCUT2D eigenvalue weighted by atomic mass is 15.6. The van der Waals surface area contributed by atoms with Gasteiger partial charge in [0.15, 0.2) is 0 Å². The van der Waals surface area contributed by atoms with Gasteiger partial charge in [0.2, 0.25) is 22.8 Å². The minimum atomic E-state index is -0.895. The first-order valence-electron chi connectivity index (χ1n) is 22.0. The Balaban J connectivity index is 1.19. The summed E-state index contributed by atoms with van der Waals surface area (Å²) in [5.74, 6) is -0.895. The highest BCUT2D eigenvalue weighted by Gasteiger charge is 2.73. The number of rotatable bonds is 1. The monoisotopic (exact) mass is 796 g/mol. The van der Waals surface area contributed by atoms with Crippen LogP contribution >= 0.6 is 0 Å². The van der Waals surface area contributed by atoms with Gasteiger partial charge in [0.05, 0.1) is 49.9 Å². The predicted molar refractivity (Wildman–Crippen MR) is 257 cm³/mol. The Kier molecular flexibility index (Phi) is 5.20. The summed E-state index contributed by atoms with van der Waals surface area (Å²) in [6.07, 6.45) is 7.55. The van der Waals surface area contributed by atoms with E-state index in [0.717, 1.165) is 0 Å². The lowest BCUT2D eigenvalue weighted by molar-refractivity contribution is -0.805. The predicted octanol–water partition coefficient (Wildman–Crippen LogP) is 11.0. The van der Waals surface area contributed by atoms with E-state index in [1.807, 2.05) is 0 Å². The number of fused-ring (bicyclic) bond motifs is 16. The molecule has 6 aliphatic heterocycles. The summed E-state index contributed by atoms with van der Waals surface area (Å²) in [5, 5.41) is 17.6. The maximum Gasteiger partial charge on any atom is 0.554 e. The van der Waals surface area contributed by atoms with Gasteiger partial charge in [-0.2, -0.15) is 9.13 Å². The summed E-state index contributed by atoms with van der Waals surface area (Å²) in [4.78, 5) is 0. The van der Waals surface area contributed by atoms with E-state index in [0.29, 0.717) is 0 Å². The Morgan fingerprint density at radius 3 is 1.38 bits per heavy atom. The Labute approximate surface area is 359 Å². The van der Waals surface area contributed by atoms with Gasteiger partial charge in [-0.3, -0.25) is 0 Å². The van der Waals surface area contributed by atoms with Gasteiger partial charge in [0.25, 0.3) is 0 Å². The van der Waals surface area contributed by atoms with E-state index >= 15 is 0 Å². The molecule has 11 aromatic rings. The van der Waals surface area contributed by atoms with Gasteiger partial charge in [0.1, 0.15) is 0 Å². The lowest BCUT2D eigenvalue weighted by atomic mass is 9.91. The molecule has 1 atom stereocenters. The highest BCUT2D eigenvalue weighted by molar-refractivity contribution is 6.29. The van der Waals surface area contributed by atoms with Crippen LogP contribution in [0.25, 0.3) is 99.8 Å². The van der Waals surface area contributed by atoms with Gasteiger partial charge in [0, 0.05) is 39.8 Å². The summed E-state index contributed by atoms with van der Waals surface area (Å²) in [6.45, 7) is 0. The van der Waals surface area contributed by atoms with Crippen molar-refractivity contribution in [1.82, 2.24) is 9.13 Å². The minimum absolute atomic E-state index is 0.895. The summed E-state index contributed by atoms with van der Waals surface area (Å²) < 4.78 is 11.0. The zero-order chi connectivity index (χ0) is 40.4. The van der Waals surface area contributed by atoms with Crippen molar-refractivity contribution in [3.8, 4) is 0 Å². The van der Waals surface area contributed by atoms with E-state index in [4.69, 9.17) is 0 Å². The fourth-order valence-corrected chi connectivity index (χ4v) is 12.7. The maximum absolute atomic E-state index is 2.76. The quantitative estimate of drug-likeness (QED) is 0.147. The van der Waals surface area contributed by atoms with Gasteiger partial charge in [-0.25, -0.2) is 0 Å². The second-order valence-electron chi connectivity index (χ2n) is 18.1. The van der Waals surface area contributed by atoms with Crippen LogP contribution in [0.5, 0.6) is 0 Å². The van der Waals surface area contributed by atoms with Crippen molar-refractivity contribution < 1.29 is 9.15 Å². The molecule has 17 rings (SSSR count). The minimum Gasteiger partial charge on any atom is -0.198 e. The molecular formula is C59H32N4+2. The molecule has 0 aliphatic carbocycles. The van der Waals surface area contributed by atoms with Crippen LogP contribution in [-0.4, -0.2) is 29.7 Å². The first-order valence-corrected chi connectivity index (χ1v) is 22.0. The average Bonchev–Trinajstić information content (AvgIpc) is 4.03. The number of benzene rings is 9. The first kappa shape index (κ1) is 31.5. The molecule has 1 unspecified atom stereocenters. The smallest absolute Gasteiger partial charge is 0.198 e. The molecule has 63 heavy (non-hydrogen) atoms. The van der Waals surface area contributed by atoms with Crippen LogP contribution in [0.2, 0.25) is 0 Å². The van der Waals surface area contributed by atoms with Gasteiger partial charge in [-0.1, -0.05) is 137 Å². The van der Waals surface area contributed by atoms with E-state index in [9.17, 15) is 0 Å². The number of nitrogens with zero attached hydrogens (tertiary/aromatic N) is 4. The molecule has 1 spiro atoms. The Bertz CT molecular complexity index is 4410. The summed E-state index contributed by atoms with van der Waals surface area (Å²) in [5.41, 5.74) is 15.0. The van der Waals surface area contributed by atoms with E-state index in [-0.39, 0.29) is 0 Å². The lowest BCUT2D eigenvalue weighted by Gasteiger charge is -2.39. The summed E-state index contributed by atoms with van der Waals surface area (Å²) in [7, 11) is 0. The molecule has 9 aromatic carbocycles. The Morgan fingerprint density at radius 2 is 0.810 bits per heavy atom. The van der Waals surface area contributed by atoms with Crippen molar-refractivity contribution in [2.75, 3.05) is 0 Å². The first-order chi connectivity index (χ1) is 31.2. The molecule has 0 bridgehead atoms. The zero-order valence-corrected chi connectivity index (χ0v) is 33.8. The van der Waals surface area contributed by atoms with Crippen LogP contribution in [0, 0.1) is 0 Å². The van der Waals surface area contributed by atoms with Crippen LogP contribution in [0.4, 0.5) is 0 Å². The molecule has 4 heteroatoms. The van der Waals surface area contributed by atoms with Crippen molar-refractivity contribution >= 4 is 111 Å². The van der Waals surface area contributed by atoms with Gasteiger partial charge in [-0.05, 0) is 97.2 Å². The molecule has 0 saturated carbocycles. The third-order valence-corrected chi connectivity index (χ3v) is 15.2. The summed E-state index contributed by atoms with van der Waals surface area (Å²) in [6, 6.07) is 66.4. The molecule has 0 saturated heterocycles. The fraction of sp³-hybridized carbons (Fsp3) is 0.0169. The van der Waals surface area contributed by atoms with Crippen molar-refractivity contribution in [2.45, 2.75) is 5.91 Å². The third-order valence-electron chi connectivity index (χ3n) is 15.2. The Hall–Kier alpha value is -8.34. The van der Waals surface area contributed by atoms with Crippen molar-refractivity contribution in [1.29, 1.82) is 0 Å². The van der Waals surface area contributed by atoms with E-state index in [1.165, 1.54) is 143 Å². The van der Waals surface area contributed by atoms with E-state index in [2.05, 4.69) is 212 Å². The van der Waals surface area contributed by atoms with Crippen LogP contribution in [-0.2, 0) is 5.91 Å². The van der Waals surface area contributed by atoms with Gasteiger partial charge in [-0.15, -0.1) is 0 Å². The topological polar surface area (TPSA) is 15.9 Å². The number of aromatic nitrogens is 2. The maximum atomic E-state index is 2.76. The van der Waals surface area contributed by atoms with Gasteiger partial charge < -0.3 is 0 Å². The fourth-order valence-electron chi connectivity index (χ4n) is 12.7.